The van der Waals surface area contributed by atoms with E-state index >= 15 is 0 Å². The number of methoxy groups -OCH3 is 1. The standard InChI is InChI=1S/C24H24ClN3O6S/c1-3-34-23-14-17(4-13-22(23)29)15-26-27-24(30)16-28(19-7-5-18(25)6-8-19)35(31,32)21-11-9-20(33-2)10-12-21/h4-15,29H,3,16H2,1-2H3,(H,27,30)/b26-15-. The predicted octanol–water partition coefficient (Wildman–Crippen LogP) is 3.80. The number of hydrogen-bond acceptors (Lipinski definition) is 7. The van der Waals surface area contributed by atoms with Gasteiger partial charge in [0.15, 0.2) is 11.5 Å². The van der Waals surface area contributed by atoms with Crippen LogP contribution in [0.15, 0.2) is 76.7 Å². The molecule has 11 heteroatoms. The van der Waals surface area contributed by atoms with Gasteiger partial charge >= 0.3 is 0 Å². The molecule has 0 bridgehead atoms. The zero-order valence-electron chi connectivity index (χ0n) is 19.0. The zero-order chi connectivity index (χ0) is 25.4. The summed E-state index contributed by atoms with van der Waals surface area (Å²) in [5.41, 5.74) is 3.14. The second-order valence-corrected chi connectivity index (χ2v) is 9.42. The molecule has 0 fully saturated rings. The van der Waals surface area contributed by atoms with Gasteiger partial charge in [0.25, 0.3) is 15.9 Å². The summed E-state index contributed by atoms with van der Waals surface area (Å²) in [6.07, 6.45) is 1.35. The van der Waals surface area contributed by atoms with Crippen LogP contribution in [-0.4, -0.2) is 45.9 Å². The van der Waals surface area contributed by atoms with Crippen LogP contribution in [0.2, 0.25) is 5.02 Å². The van der Waals surface area contributed by atoms with Crippen LogP contribution < -0.4 is 19.2 Å². The highest BCUT2D eigenvalue weighted by Gasteiger charge is 2.27. The van der Waals surface area contributed by atoms with E-state index in [1.165, 1.54) is 67.9 Å². The first-order valence-corrected chi connectivity index (χ1v) is 12.3. The molecule has 3 rings (SSSR count). The van der Waals surface area contributed by atoms with E-state index < -0.39 is 22.5 Å². The molecule has 0 aliphatic rings. The van der Waals surface area contributed by atoms with Gasteiger partial charge in [-0.25, -0.2) is 13.8 Å². The van der Waals surface area contributed by atoms with E-state index in [1.807, 2.05) is 0 Å². The van der Waals surface area contributed by atoms with Crippen LogP contribution in [0.1, 0.15) is 12.5 Å². The molecular weight excluding hydrogens is 494 g/mol. The van der Waals surface area contributed by atoms with Gasteiger partial charge in [0, 0.05) is 5.02 Å². The average Bonchev–Trinajstić information content (AvgIpc) is 2.85. The van der Waals surface area contributed by atoms with Crippen molar-refractivity contribution in [1.29, 1.82) is 0 Å². The number of anilines is 1. The van der Waals surface area contributed by atoms with Crippen molar-refractivity contribution in [3.63, 3.8) is 0 Å². The molecule has 0 atom stereocenters. The van der Waals surface area contributed by atoms with Crippen LogP contribution in [0.25, 0.3) is 0 Å². The van der Waals surface area contributed by atoms with Crippen LogP contribution in [-0.2, 0) is 14.8 Å². The molecule has 0 saturated heterocycles. The SMILES string of the molecule is CCOc1cc(/C=N\NC(=O)CN(c2ccc(Cl)cc2)S(=O)(=O)c2ccc(OC)cc2)ccc1O. The van der Waals surface area contributed by atoms with Crippen molar-refractivity contribution in [2.24, 2.45) is 5.10 Å². The molecular formula is C24H24ClN3O6S. The lowest BCUT2D eigenvalue weighted by Crippen LogP contribution is -2.39. The molecule has 35 heavy (non-hydrogen) atoms. The van der Waals surface area contributed by atoms with Gasteiger partial charge in [0.1, 0.15) is 12.3 Å². The number of sulfonamides is 1. The summed E-state index contributed by atoms with van der Waals surface area (Å²) in [6.45, 7) is 1.62. The normalized spacial score (nSPS) is 11.3. The summed E-state index contributed by atoms with van der Waals surface area (Å²) in [4.78, 5) is 12.6. The number of phenolic OH excluding ortho intramolecular Hbond substituents is 1. The van der Waals surface area contributed by atoms with Crippen LogP contribution in [0, 0.1) is 0 Å². The molecule has 9 nitrogen and oxygen atoms in total. The first-order valence-electron chi connectivity index (χ1n) is 10.4. The van der Waals surface area contributed by atoms with Gasteiger partial charge in [-0.1, -0.05) is 11.6 Å². The minimum absolute atomic E-state index is 0.0166. The molecule has 0 aromatic heterocycles. The van der Waals surface area contributed by atoms with Gasteiger partial charge in [-0.15, -0.1) is 0 Å². The highest BCUT2D eigenvalue weighted by atomic mass is 35.5. The lowest BCUT2D eigenvalue weighted by Gasteiger charge is -2.23. The van der Waals surface area contributed by atoms with E-state index in [-0.39, 0.29) is 22.1 Å². The quantitative estimate of drug-likeness (QED) is 0.312. The van der Waals surface area contributed by atoms with Crippen LogP contribution in [0.5, 0.6) is 17.2 Å². The molecule has 3 aromatic rings. The lowest BCUT2D eigenvalue weighted by molar-refractivity contribution is -0.119. The van der Waals surface area contributed by atoms with Gasteiger partial charge in [-0.2, -0.15) is 5.10 Å². The van der Waals surface area contributed by atoms with Gasteiger partial charge in [0.2, 0.25) is 0 Å². The number of aromatic hydroxyl groups is 1. The smallest absolute Gasteiger partial charge is 0.264 e. The Balaban J connectivity index is 1.81. The summed E-state index contributed by atoms with van der Waals surface area (Å²) in [6, 6.07) is 16.5. The Labute approximate surface area is 208 Å². The molecule has 2 N–H and O–H groups in total. The largest absolute Gasteiger partial charge is 0.504 e. The number of hydrogen-bond donors (Lipinski definition) is 2. The first kappa shape index (κ1) is 25.9. The third kappa shape index (κ3) is 6.65. The van der Waals surface area contributed by atoms with Crippen LogP contribution in [0.3, 0.4) is 0 Å². The molecule has 0 saturated carbocycles. The van der Waals surface area contributed by atoms with Crippen molar-refractivity contribution < 1.29 is 27.8 Å². The fraction of sp³-hybridized carbons (Fsp3) is 0.167. The Bertz CT molecular complexity index is 1300. The van der Waals surface area contributed by atoms with E-state index in [0.717, 1.165) is 4.31 Å². The number of ether oxygens (including phenoxy) is 2. The molecule has 0 unspecified atom stereocenters. The molecule has 0 radical (unpaired) electrons. The number of halogens is 1. The van der Waals surface area contributed by atoms with Crippen molar-refractivity contribution in [2.75, 3.05) is 24.6 Å². The number of carbonyl (C=O) groups is 1. The summed E-state index contributed by atoms with van der Waals surface area (Å²) >= 11 is 5.95. The number of benzene rings is 3. The maximum absolute atomic E-state index is 13.4. The summed E-state index contributed by atoms with van der Waals surface area (Å²) in [5.74, 6) is 0.0885. The number of nitrogens with zero attached hydrogens (tertiary/aromatic N) is 2. The Kier molecular flexibility index (Phi) is 8.56. The minimum Gasteiger partial charge on any atom is -0.504 e. The van der Waals surface area contributed by atoms with E-state index in [4.69, 9.17) is 21.1 Å². The predicted molar refractivity (Wildman–Crippen MR) is 134 cm³/mol. The van der Waals surface area contributed by atoms with Crippen molar-refractivity contribution in [3.05, 3.63) is 77.3 Å². The molecule has 3 aromatic carbocycles. The van der Waals surface area contributed by atoms with Gasteiger partial charge in [-0.3, -0.25) is 9.10 Å². The second-order valence-electron chi connectivity index (χ2n) is 7.12. The van der Waals surface area contributed by atoms with Crippen molar-refractivity contribution in [1.82, 2.24) is 5.43 Å². The van der Waals surface area contributed by atoms with Crippen LogP contribution >= 0.6 is 11.6 Å². The van der Waals surface area contributed by atoms with Crippen molar-refractivity contribution in [3.8, 4) is 17.2 Å². The Morgan fingerprint density at radius 3 is 2.43 bits per heavy atom. The van der Waals surface area contributed by atoms with E-state index in [0.29, 0.717) is 22.9 Å². The van der Waals surface area contributed by atoms with E-state index in [9.17, 15) is 18.3 Å². The number of carbonyl (C=O) groups excluding carboxylic acids is 1. The van der Waals surface area contributed by atoms with Gasteiger partial charge in [0.05, 0.1) is 30.5 Å². The highest BCUT2D eigenvalue weighted by Crippen LogP contribution is 2.27. The number of hydrazone groups is 1. The van der Waals surface area contributed by atoms with E-state index in [2.05, 4.69) is 10.5 Å². The summed E-state index contributed by atoms with van der Waals surface area (Å²) in [7, 11) is -2.63. The molecule has 0 spiro atoms. The summed E-state index contributed by atoms with van der Waals surface area (Å²) < 4.78 is 38.1. The zero-order valence-corrected chi connectivity index (χ0v) is 20.6. The number of rotatable bonds is 10. The van der Waals surface area contributed by atoms with Crippen molar-refractivity contribution in [2.45, 2.75) is 11.8 Å². The first-order chi connectivity index (χ1) is 16.7. The Morgan fingerprint density at radius 2 is 1.80 bits per heavy atom. The average molecular weight is 518 g/mol. The number of nitrogens with one attached hydrogen (secondary N) is 1. The number of phenols is 1. The van der Waals surface area contributed by atoms with Crippen LogP contribution in [0.4, 0.5) is 5.69 Å². The highest BCUT2D eigenvalue weighted by molar-refractivity contribution is 7.92. The number of amides is 1. The Morgan fingerprint density at radius 1 is 1.11 bits per heavy atom. The maximum atomic E-state index is 13.4. The molecule has 0 aliphatic heterocycles. The monoisotopic (exact) mass is 517 g/mol. The Hall–Kier alpha value is -3.76. The third-order valence-corrected chi connectivity index (χ3v) is 6.78. The molecule has 0 aliphatic carbocycles. The van der Waals surface area contributed by atoms with Crippen molar-refractivity contribution >= 4 is 39.4 Å². The van der Waals surface area contributed by atoms with Gasteiger partial charge < -0.3 is 14.6 Å². The fourth-order valence-electron chi connectivity index (χ4n) is 3.02. The van der Waals surface area contributed by atoms with E-state index in [1.54, 1.807) is 19.1 Å². The summed E-state index contributed by atoms with van der Waals surface area (Å²) in [5, 5.41) is 14.1. The second kappa shape index (κ2) is 11.6. The van der Waals surface area contributed by atoms with Gasteiger partial charge in [-0.05, 0) is 79.2 Å². The third-order valence-electron chi connectivity index (χ3n) is 4.74. The minimum atomic E-state index is -4.10. The molecule has 0 heterocycles. The maximum Gasteiger partial charge on any atom is 0.264 e. The topological polar surface area (TPSA) is 118 Å². The fourth-order valence-corrected chi connectivity index (χ4v) is 4.57. The lowest BCUT2D eigenvalue weighted by atomic mass is 10.2. The molecule has 184 valence electrons. The molecule has 1 amide bonds.